The van der Waals surface area contributed by atoms with E-state index in [-0.39, 0.29) is 24.0 Å². The molecule has 0 saturated heterocycles. The van der Waals surface area contributed by atoms with E-state index in [0.29, 0.717) is 11.0 Å². The van der Waals surface area contributed by atoms with E-state index in [0.717, 1.165) is 12.8 Å². The van der Waals surface area contributed by atoms with Crippen molar-refractivity contribution in [3.8, 4) is 5.75 Å². The Balaban J connectivity index is 2.54. The van der Waals surface area contributed by atoms with Gasteiger partial charge < -0.3 is 10.1 Å². The highest BCUT2D eigenvalue weighted by Crippen LogP contribution is 2.29. The molecule has 1 aromatic carbocycles. The number of benzene rings is 1. The maximum Gasteiger partial charge on any atom is 0.273 e. The van der Waals surface area contributed by atoms with Crippen molar-refractivity contribution in [1.29, 1.82) is 0 Å². The first-order valence-corrected chi connectivity index (χ1v) is 6.67. The lowest BCUT2D eigenvalue weighted by atomic mass is 10.3. The van der Waals surface area contributed by atoms with Crippen molar-refractivity contribution in [3.05, 3.63) is 32.8 Å². The Morgan fingerprint density at radius 3 is 2.89 bits per heavy atom. The van der Waals surface area contributed by atoms with E-state index >= 15 is 0 Å². The van der Waals surface area contributed by atoms with Crippen molar-refractivity contribution in [2.24, 2.45) is 0 Å². The fourth-order valence-corrected chi connectivity index (χ4v) is 1.68. The van der Waals surface area contributed by atoms with Crippen LogP contribution in [-0.2, 0) is 4.79 Å². The minimum absolute atomic E-state index is 0.0791. The van der Waals surface area contributed by atoms with Gasteiger partial charge in [0, 0.05) is 12.6 Å². The number of nitro groups is 1. The molecule has 0 aliphatic carbocycles. The standard InChI is InChI=1S/C12H15BrN2O4/c1-2-3-6-14-12(16)8-19-11-7-9(15(17)18)4-5-10(11)13/h4-5,7H,2-3,6,8H2,1H3,(H,14,16). The summed E-state index contributed by atoms with van der Waals surface area (Å²) in [5.41, 5.74) is -0.0791. The van der Waals surface area contributed by atoms with Crippen LogP contribution in [0.1, 0.15) is 19.8 Å². The van der Waals surface area contributed by atoms with Gasteiger partial charge in [0.25, 0.3) is 11.6 Å². The number of hydrogen-bond donors (Lipinski definition) is 1. The molecule has 0 aromatic heterocycles. The largest absolute Gasteiger partial charge is 0.482 e. The van der Waals surface area contributed by atoms with Gasteiger partial charge in [-0.15, -0.1) is 0 Å². The fraction of sp³-hybridized carbons (Fsp3) is 0.417. The maximum atomic E-state index is 11.4. The van der Waals surface area contributed by atoms with Gasteiger partial charge in [0.15, 0.2) is 6.61 Å². The highest BCUT2D eigenvalue weighted by molar-refractivity contribution is 9.10. The molecule has 0 atom stereocenters. The zero-order valence-electron chi connectivity index (χ0n) is 10.5. The van der Waals surface area contributed by atoms with E-state index in [1.54, 1.807) is 0 Å². The average molecular weight is 331 g/mol. The number of nitrogens with zero attached hydrogens (tertiary/aromatic N) is 1. The second-order valence-corrected chi connectivity index (χ2v) is 4.72. The van der Waals surface area contributed by atoms with Crippen LogP contribution >= 0.6 is 15.9 Å². The number of nitrogens with one attached hydrogen (secondary N) is 1. The minimum Gasteiger partial charge on any atom is -0.482 e. The summed E-state index contributed by atoms with van der Waals surface area (Å²) in [7, 11) is 0. The van der Waals surface area contributed by atoms with Gasteiger partial charge in [-0.1, -0.05) is 13.3 Å². The fourth-order valence-electron chi connectivity index (χ4n) is 1.32. The molecule has 19 heavy (non-hydrogen) atoms. The molecule has 0 heterocycles. The van der Waals surface area contributed by atoms with Gasteiger partial charge in [-0.25, -0.2) is 0 Å². The first-order chi connectivity index (χ1) is 9.04. The SMILES string of the molecule is CCCCNC(=O)COc1cc([N+](=O)[O-])ccc1Br. The molecule has 0 saturated carbocycles. The van der Waals surface area contributed by atoms with Gasteiger partial charge in [0.1, 0.15) is 5.75 Å². The van der Waals surface area contributed by atoms with E-state index in [9.17, 15) is 14.9 Å². The van der Waals surface area contributed by atoms with E-state index in [4.69, 9.17) is 4.74 Å². The molecule has 1 amide bonds. The molecule has 1 aromatic rings. The first-order valence-electron chi connectivity index (χ1n) is 5.88. The zero-order chi connectivity index (χ0) is 14.3. The zero-order valence-corrected chi connectivity index (χ0v) is 12.1. The van der Waals surface area contributed by atoms with Crippen molar-refractivity contribution >= 4 is 27.5 Å². The molecule has 0 unspecified atom stereocenters. The van der Waals surface area contributed by atoms with E-state index in [1.807, 2.05) is 6.92 Å². The molecule has 0 spiro atoms. The molecule has 6 nitrogen and oxygen atoms in total. The summed E-state index contributed by atoms with van der Waals surface area (Å²) >= 11 is 3.21. The number of carbonyl (C=O) groups excluding carboxylic acids is 1. The van der Waals surface area contributed by atoms with Crippen molar-refractivity contribution in [2.45, 2.75) is 19.8 Å². The highest BCUT2D eigenvalue weighted by atomic mass is 79.9. The maximum absolute atomic E-state index is 11.4. The van der Waals surface area contributed by atoms with Crippen LogP contribution in [0.2, 0.25) is 0 Å². The smallest absolute Gasteiger partial charge is 0.273 e. The lowest BCUT2D eigenvalue weighted by Crippen LogP contribution is -2.29. The molecule has 0 aliphatic heterocycles. The van der Waals surface area contributed by atoms with Crippen molar-refractivity contribution < 1.29 is 14.5 Å². The Morgan fingerprint density at radius 1 is 1.53 bits per heavy atom. The van der Waals surface area contributed by atoms with Crippen LogP contribution in [0.3, 0.4) is 0 Å². The van der Waals surface area contributed by atoms with E-state index < -0.39 is 4.92 Å². The van der Waals surface area contributed by atoms with Crippen LogP contribution in [0.25, 0.3) is 0 Å². The van der Waals surface area contributed by atoms with E-state index in [2.05, 4.69) is 21.2 Å². The number of nitro benzene ring substituents is 1. The summed E-state index contributed by atoms with van der Waals surface area (Å²) in [4.78, 5) is 21.6. The van der Waals surface area contributed by atoms with Crippen LogP contribution in [0, 0.1) is 10.1 Å². The Labute approximate surface area is 119 Å². The van der Waals surface area contributed by atoms with Crippen molar-refractivity contribution in [1.82, 2.24) is 5.32 Å². The number of amides is 1. The molecule has 7 heteroatoms. The predicted molar refractivity (Wildman–Crippen MR) is 74.2 cm³/mol. The number of halogens is 1. The van der Waals surface area contributed by atoms with Gasteiger partial charge in [-0.05, 0) is 28.4 Å². The molecule has 0 bridgehead atoms. The number of rotatable bonds is 7. The van der Waals surface area contributed by atoms with Crippen LogP contribution in [-0.4, -0.2) is 24.0 Å². The molecule has 1 N–H and O–H groups in total. The van der Waals surface area contributed by atoms with Gasteiger partial charge in [-0.2, -0.15) is 0 Å². The normalized spacial score (nSPS) is 10.0. The second-order valence-electron chi connectivity index (χ2n) is 3.86. The van der Waals surface area contributed by atoms with Gasteiger partial charge in [0.2, 0.25) is 0 Å². The summed E-state index contributed by atoms with van der Waals surface area (Å²) in [5, 5.41) is 13.3. The summed E-state index contributed by atoms with van der Waals surface area (Å²) < 4.78 is 5.83. The van der Waals surface area contributed by atoms with Crippen LogP contribution in [0.4, 0.5) is 5.69 Å². The third-order valence-corrected chi connectivity index (χ3v) is 2.99. The van der Waals surface area contributed by atoms with Crippen LogP contribution in [0.15, 0.2) is 22.7 Å². The third kappa shape index (κ3) is 5.25. The van der Waals surface area contributed by atoms with E-state index in [1.165, 1.54) is 18.2 Å². The number of carbonyl (C=O) groups is 1. The van der Waals surface area contributed by atoms with Gasteiger partial charge in [0.05, 0.1) is 15.5 Å². The topological polar surface area (TPSA) is 81.5 Å². The van der Waals surface area contributed by atoms with Crippen molar-refractivity contribution in [3.63, 3.8) is 0 Å². The Bertz CT molecular complexity index is 465. The van der Waals surface area contributed by atoms with Gasteiger partial charge in [-0.3, -0.25) is 14.9 Å². The Kier molecular flexibility index (Phi) is 6.27. The molecule has 0 aliphatic rings. The number of hydrogen-bond acceptors (Lipinski definition) is 4. The summed E-state index contributed by atoms with van der Waals surface area (Å²) in [5.74, 6) is 0.0340. The summed E-state index contributed by atoms with van der Waals surface area (Å²) in [6, 6.07) is 4.16. The number of ether oxygens (including phenoxy) is 1. The summed E-state index contributed by atoms with van der Waals surface area (Å²) in [6.07, 6.45) is 1.91. The summed E-state index contributed by atoms with van der Waals surface area (Å²) in [6.45, 7) is 2.47. The number of unbranched alkanes of at least 4 members (excludes halogenated alkanes) is 1. The van der Waals surface area contributed by atoms with Gasteiger partial charge >= 0.3 is 0 Å². The van der Waals surface area contributed by atoms with Crippen LogP contribution in [0.5, 0.6) is 5.75 Å². The number of non-ortho nitro benzene ring substituents is 1. The first kappa shape index (κ1) is 15.4. The molecule has 1 rings (SSSR count). The Morgan fingerprint density at radius 2 is 2.26 bits per heavy atom. The monoisotopic (exact) mass is 330 g/mol. The quantitative estimate of drug-likeness (QED) is 0.473. The minimum atomic E-state index is -0.513. The molecular weight excluding hydrogens is 316 g/mol. The second kappa shape index (κ2) is 7.73. The third-order valence-electron chi connectivity index (χ3n) is 2.34. The lowest BCUT2D eigenvalue weighted by molar-refractivity contribution is -0.385. The van der Waals surface area contributed by atoms with Crippen LogP contribution < -0.4 is 10.1 Å². The molecule has 104 valence electrons. The molecule has 0 fully saturated rings. The predicted octanol–water partition coefficient (Wildman–Crippen LogP) is 2.65. The van der Waals surface area contributed by atoms with Crippen molar-refractivity contribution in [2.75, 3.05) is 13.2 Å². The molecule has 0 radical (unpaired) electrons. The lowest BCUT2D eigenvalue weighted by Gasteiger charge is -2.08. The Hall–Kier alpha value is -1.63. The highest BCUT2D eigenvalue weighted by Gasteiger charge is 2.11. The average Bonchev–Trinajstić information content (AvgIpc) is 2.37. The molecular formula is C12H15BrN2O4.